The first-order valence-electron chi connectivity index (χ1n) is 13.0. The lowest BCUT2D eigenvalue weighted by Gasteiger charge is -2.32. The number of nitrogens with zero attached hydrogens (tertiary/aromatic N) is 3. The smallest absolute Gasteiger partial charge is 0.281 e. The van der Waals surface area contributed by atoms with E-state index >= 15 is 0 Å². The first-order valence-corrected chi connectivity index (χ1v) is 14.2. The Morgan fingerprint density at radius 1 is 1.15 bits per heavy atom. The second-order valence-electron chi connectivity index (χ2n) is 10.2. The summed E-state index contributed by atoms with van der Waals surface area (Å²) in [5.41, 5.74) is -0.767. The van der Waals surface area contributed by atoms with Crippen LogP contribution in [0.4, 0.5) is 14.5 Å². The predicted octanol–water partition coefficient (Wildman–Crippen LogP) is 5.85. The number of halogens is 3. The summed E-state index contributed by atoms with van der Waals surface area (Å²) in [5.74, 6) is -0.915. The van der Waals surface area contributed by atoms with Gasteiger partial charge in [0.15, 0.2) is 0 Å². The molecule has 0 bridgehead atoms. The molecule has 7 nitrogen and oxygen atoms in total. The van der Waals surface area contributed by atoms with Crippen LogP contribution in [-0.4, -0.2) is 39.5 Å². The van der Waals surface area contributed by atoms with Crippen LogP contribution in [0.3, 0.4) is 0 Å². The highest BCUT2D eigenvalue weighted by Gasteiger charge is 2.53. The van der Waals surface area contributed by atoms with Crippen molar-refractivity contribution in [2.45, 2.75) is 43.8 Å². The molecule has 0 spiro atoms. The number of aromatic nitrogens is 2. The number of thiazole rings is 1. The van der Waals surface area contributed by atoms with Gasteiger partial charge in [0.2, 0.25) is 5.60 Å². The fourth-order valence-electron chi connectivity index (χ4n) is 5.67. The molecule has 2 aromatic carbocycles. The third-order valence-corrected chi connectivity index (χ3v) is 9.05. The molecule has 11 heteroatoms. The number of carbonyl (C=O) groups excluding carboxylic acids is 2. The van der Waals surface area contributed by atoms with E-state index in [9.17, 15) is 23.5 Å². The van der Waals surface area contributed by atoms with E-state index in [1.54, 1.807) is 17.0 Å². The molecular formula is C29H25ClF2N4O3S. The highest BCUT2D eigenvalue weighted by Crippen LogP contribution is 2.47. The molecule has 0 saturated heterocycles. The van der Waals surface area contributed by atoms with Crippen molar-refractivity contribution in [3.8, 4) is 0 Å². The standard InChI is InChI=1S/C29H25ClF2N4O3S/c30-17-13-19(24(25(31)32)33-14-17)26(37)34-18-11-9-16(10-12-18)15-36-22-7-3-1-5-20(22)29(39,28(36)38)27-35-21-6-2-4-8-23(21)40-27/h1-8,13-14,16,18,25,39H,9-12,15H2,(H,34,37)/t16-,18-,29?. The van der Waals surface area contributed by atoms with Gasteiger partial charge in [0, 0.05) is 24.3 Å². The van der Waals surface area contributed by atoms with E-state index in [-0.39, 0.29) is 22.5 Å². The zero-order chi connectivity index (χ0) is 28.0. The lowest BCUT2D eigenvalue weighted by atomic mass is 9.85. The highest BCUT2D eigenvalue weighted by atomic mass is 35.5. The van der Waals surface area contributed by atoms with Crippen molar-refractivity contribution >= 4 is 50.7 Å². The van der Waals surface area contributed by atoms with Crippen LogP contribution in [0.1, 0.15) is 58.7 Å². The molecule has 206 valence electrons. The number of hydrogen-bond donors (Lipinski definition) is 2. The van der Waals surface area contributed by atoms with Gasteiger partial charge in [-0.2, -0.15) is 0 Å². The summed E-state index contributed by atoms with van der Waals surface area (Å²) in [6.07, 6.45) is 0.884. The third kappa shape index (κ3) is 4.63. The lowest BCUT2D eigenvalue weighted by Crippen LogP contribution is -2.44. The number of fused-ring (bicyclic) bond motifs is 2. The van der Waals surface area contributed by atoms with E-state index in [1.165, 1.54) is 17.4 Å². The quantitative estimate of drug-likeness (QED) is 0.297. The van der Waals surface area contributed by atoms with E-state index in [1.807, 2.05) is 36.4 Å². The summed E-state index contributed by atoms with van der Waals surface area (Å²) in [6.45, 7) is 0.414. The maximum atomic E-state index is 13.8. The minimum atomic E-state index is -2.89. The molecule has 40 heavy (non-hydrogen) atoms. The number of rotatable bonds is 6. The number of aliphatic hydroxyl groups is 1. The molecule has 2 aromatic heterocycles. The van der Waals surface area contributed by atoms with Gasteiger partial charge in [0.1, 0.15) is 10.7 Å². The molecule has 2 amide bonds. The Balaban J connectivity index is 1.15. The zero-order valence-corrected chi connectivity index (χ0v) is 22.8. The van der Waals surface area contributed by atoms with Crippen molar-refractivity contribution in [1.82, 2.24) is 15.3 Å². The van der Waals surface area contributed by atoms with Gasteiger partial charge in [-0.25, -0.2) is 13.8 Å². The van der Waals surface area contributed by atoms with Crippen molar-refractivity contribution in [2.24, 2.45) is 5.92 Å². The summed E-state index contributed by atoms with van der Waals surface area (Å²) in [7, 11) is 0. The molecule has 6 rings (SSSR count). The molecule has 0 radical (unpaired) electrons. The molecule has 1 aliphatic carbocycles. The molecule has 1 saturated carbocycles. The SMILES string of the molecule is O=C(N[C@H]1CC[C@H](CN2C(=O)C(O)(c3nc4ccccc4s3)c3ccccc32)CC1)c1cc(Cl)cnc1C(F)F. The highest BCUT2D eigenvalue weighted by molar-refractivity contribution is 7.18. The summed E-state index contributed by atoms with van der Waals surface area (Å²) in [5, 5.41) is 15.2. The Bertz CT molecular complexity index is 1570. The van der Waals surface area contributed by atoms with Gasteiger partial charge in [-0.3, -0.25) is 14.6 Å². The average Bonchev–Trinajstić information content (AvgIpc) is 3.48. The van der Waals surface area contributed by atoms with Crippen molar-refractivity contribution in [3.63, 3.8) is 0 Å². The molecule has 1 aliphatic heterocycles. The molecule has 2 N–H and O–H groups in total. The lowest BCUT2D eigenvalue weighted by molar-refractivity contribution is -0.132. The van der Waals surface area contributed by atoms with Gasteiger partial charge in [0.25, 0.3) is 18.2 Å². The normalized spacial score (nSPS) is 22.6. The van der Waals surface area contributed by atoms with Crippen LogP contribution < -0.4 is 10.2 Å². The number of nitrogens with one attached hydrogen (secondary N) is 1. The molecule has 4 aromatic rings. The minimum Gasteiger partial charge on any atom is -0.370 e. The fraction of sp³-hybridized carbons (Fsp3) is 0.310. The molecular weight excluding hydrogens is 558 g/mol. The molecule has 1 atom stereocenters. The van der Waals surface area contributed by atoms with Gasteiger partial charge >= 0.3 is 0 Å². The Labute approximate surface area is 237 Å². The number of para-hydroxylation sites is 2. The van der Waals surface area contributed by atoms with Crippen LogP contribution >= 0.6 is 22.9 Å². The second kappa shape index (κ2) is 10.5. The van der Waals surface area contributed by atoms with Gasteiger partial charge in [-0.05, 0) is 55.9 Å². The van der Waals surface area contributed by atoms with Crippen molar-refractivity contribution in [1.29, 1.82) is 0 Å². The van der Waals surface area contributed by atoms with Crippen molar-refractivity contribution in [2.75, 3.05) is 11.4 Å². The van der Waals surface area contributed by atoms with E-state index in [2.05, 4.69) is 15.3 Å². The van der Waals surface area contributed by atoms with E-state index in [4.69, 9.17) is 11.6 Å². The predicted molar refractivity (Wildman–Crippen MR) is 149 cm³/mol. The summed E-state index contributed by atoms with van der Waals surface area (Å²) in [6, 6.07) is 15.8. The Morgan fingerprint density at radius 3 is 2.62 bits per heavy atom. The van der Waals surface area contributed by atoms with Crippen LogP contribution in [0.25, 0.3) is 10.2 Å². The maximum Gasteiger partial charge on any atom is 0.281 e. The van der Waals surface area contributed by atoms with E-state index in [0.717, 1.165) is 16.4 Å². The number of anilines is 1. The molecule has 1 fully saturated rings. The number of benzene rings is 2. The van der Waals surface area contributed by atoms with Crippen LogP contribution in [0, 0.1) is 5.92 Å². The first kappa shape index (κ1) is 26.7. The number of pyridine rings is 1. The van der Waals surface area contributed by atoms with Gasteiger partial charge < -0.3 is 15.3 Å². The van der Waals surface area contributed by atoms with E-state index in [0.29, 0.717) is 48.5 Å². The Morgan fingerprint density at radius 2 is 1.88 bits per heavy atom. The molecule has 3 heterocycles. The monoisotopic (exact) mass is 582 g/mol. The first-order chi connectivity index (χ1) is 19.3. The second-order valence-corrected chi connectivity index (χ2v) is 11.7. The van der Waals surface area contributed by atoms with Crippen LogP contribution in [0.2, 0.25) is 5.02 Å². The number of hydrogen-bond acceptors (Lipinski definition) is 6. The van der Waals surface area contributed by atoms with E-state index < -0.39 is 29.5 Å². The third-order valence-electron chi connectivity index (χ3n) is 7.70. The van der Waals surface area contributed by atoms with Crippen LogP contribution in [0.5, 0.6) is 0 Å². The largest absolute Gasteiger partial charge is 0.370 e. The van der Waals surface area contributed by atoms with Crippen molar-refractivity contribution < 1.29 is 23.5 Å². The van der Waals surface area contributed by atoms with Crippen LogP contribution in [-0.2, 0) is 10.4 Å². The summed E-state index contributed by atoms with van der Waals surface area (Å²) in [4.78, 5) is 36.5. The zero-order valence-electron chi connectivity index (χ0n) is 21.2. The Hall–Kier alpha value is -3.47. The minimum absolute atomic E-state index is 0.111. The molecule has 1 unspecified atom stereocenters. The average molecular weight is 583 g/mol. The fourth-order valence-corrected chi connectivity index (χ4v) is 6.89. The van der Waals surface area contributed by atoms with Crippen LogP contribution in [0.15, 0.2) is 60.8 Å². The summed E-state index contributed by atoms with van der Waals surface area (Å²) < 4.78 is 27.6. The summed E-state index contributed by atoms with van der Waals surface area (Å²) >= 11 is 7.20. The Kier molecular flexibility index (Phi) is 7.02. The van der Waals surface area contributed by atoms with Gasteiger partial charge in [-0.1, -0.05) is 41.9 Å². The van der Waals surface area contributed by atoms with Crippen molar-refractivity contribution in [3.05, 3.63) is 87.6 Å². The topological polar surface area (TPSA) is 95.4 Å². The van der Waals surface area contributed by atoms with Gasteiger partial charge in [-0.15, -0.1) is 11.3 Å². The number of alkyl halides is 2. The molecule has 2 aliphatic rings. The number of carbonyl (C=O) groups is 2. The van der Waals surface area contributed by atoms with Gasteiger partial charge in [0.05, 0.1) is 26.5 Å². The number of amides is 2. The maximum absolute atomic E-state index is 13.8.